The Bertz CT molecular complexity index is 1360. The molecule has 0 atom stereocenters. The van der Waals surface area contributed by atoms with Crippen molar-refractivity contribution in [2.45, 2.75) is 48.5 Å². The van der Waals surface area contributed by atoms with E-state index < -0.39 is 26.5 Å². The van der Waals surface area contributed by atoms with Crippen LogP contribution in [0.15, 0.2) is 66.9 Å². The van der Waals surface area contributed by atoms with Crippen molar-refractivity contribution in [3.8, 4) is 22.4 Å². The number of pyridine rings is 1. The van der Waals surface area contributed by atoms with Crippen LogP contribution in [0.25, 0.3) is 33.2 Å². The van der Waals surface area contributed by atoms with Crippen molar-refractivity contribution in [2.24, 2.45) is 0 Å². The second-order valence-electron chi connectivity index (χ2n) is 11.2. The summed E-state index contributed by atoms with van der Waals surface area (Å²) >= 11 is -4.38. The zero-order valence-corrected chi connectivity index (χ0v) is 24.6. The van der Waals surface area contributed by atoms with E-state index in [0.29, 0.717) is 5.92 Å². The summed E-state index contributed by atoms with van der Waals surface area (Å²) in [5, 5.41) is 2.68. The van der Waals surface area contributed by atoms with Gasteiger partial charge in [0.15, 0.2) is 0 Å². The summed E-state index contributed by atoms with van der Waals surface area (Å²) < 4.78 is 4.83. The van der Waals surface area contributed by atoms with Gasteiger partial charge in [-0.25, -0.2) is 0 Å². The first kappa shape index (κ1) is 22.0. The molecule has 32 heavy (non-hydrogen) atoms. The first-order valence-corrected chi connectivity index (χ1v) is 25.4. The molecule has 1 aliphatic rings. The quantitative estimate of drug-likeness (QED) is 0.275. The van der Waals surface area contributed by atoms with Gasteiger partial charge >= 0.3 is 199 Å². The average molecular weight is 541 g/mol. The Balaban J connectivity index is 1.77. The van der Waals surface area contributed by atoms with Gasteiger partial charge in [-0.1, -0.05) is 0 Å². The molecule has 4 aromatic rings. The van der Waals surface area contributed by atoms with Crippen molar-refractivity contribution in [3.05, 3.63) is 72.4 Å². The number of hydrogen-bond acceptors (Lipinski definition) is 1. The monoisotopic (exact) mass is 543 g/mol. The van der Waals surface area contributed by atoms with Crippen LogP contribution in [0, 0.1) is 0 Å². The molecule has 0 radical (unpaired) electrons. The molecule has 3 aromatic carbocycles. The summed E-state index contributed by atoms with van der Waals surface area (Å²) in [5.74, 6) is 13.1. The van der Waals surface area contributed by atoms with Crippen LogP contribution in [0.3, 0.4) is 0 Å². The van der Waals surface area contributed by atoms with Gasteiger partial charge in [-0.2, -0.15) is 0 Å². The molecule has 1 aromatic heterocycles. The average Bonchev–Trinajstić information content (AvgIpc) is 2.99. The fraction of sp³-hybridized carbons (Fsp3) is 0.276. The Hall–Kier alpha value is -1.84. The van der Waals surface area contributed by atoms with Gasteiger partial charge in [-0.3, -0.25) is 0 Å². The van der Waals surface area contributed by atoms with Crippen molar-refractivity contribution in [2.75, 3.05) is 0 Å². The Kier molecular flexibility index (Phi) is 5.22. The molecule has 0 bridgehead atoms. The predicted octanol–water partition coefficient (Wildman–Crippen LogP) is 6.37. The third-order valence-electron chi connectivity index (χ3n) is 7.21. The first-order chi connectivity index (χ1) is 15.1. The number of rotatable bonds is 3. The minimum atomic E-state index is -2.49. The second-order valence-corrected chi connectivity index (χ2v) is 30.8. The Morgan fingerprint density at radius 1 is 0.844 bits per heavy atom. The van der Waals surface area contributed by atoms with Crippen LogP contribution >= 0.6 is 0 Å². The third kappa shape index (κ3) is 3.40. The van der Waals surface area contributed by atoms with E-state index in [0.717, 1.165) is 0 Å². The molecule has 0 saturated carbocycles. The molecular weight excluding hydrogens is 508 g/mol. The van der Waals surface area contributed by atoms with E-state index in [-0.39, 0.29) is 0 Å². The molecular formula is C29H33Ge2N. The van der Waals surface area contributed by atoms with Crippen LogP contribution < -0.4 is 13.2 Å². The summed E-state index contributed by atoms with van der Waals surface area (Å²) in [6, 6.07) is 23.3. The van der Waals surface area contributed by atoms with Crippen LogP contribution in [0.2, 0.25) is 28.8 Å². The van der Waals surface area contributed by atoms with E-state index >= 15 is 0 Å². The summed E-state index contributed by atoms with van der Waals surface area (Å²) in [4.78, 5) is 5.04. The molecule has 3 heteroatoms. The zero-order chi connectivity index (χ0) is 22.8. The molecule has 0 N–H and O–H groups in total. The molecule has 162 valence electrons. The summed E-state index contributed by atoms with van der Waals surface area (Å²) in [5.41, 5.74) is 6.82. The SMILES string of the molecule is CC(C)c1cc(-c2nccc3[c]2[Ge]([CH3])([CH3])[c]2c[c]([Ge]([CH3])([CH3])[CH3])ccc2-3)cc2ccccc12. The fourth-order valence-electron chi connectivity index (χ4n) is 5.39. The van der Waals surface area contributed by atoms with Crippen molar-refractivity contribution >= 4 is 50.5 Å². The minimum absolute atomic E-state index is 0.476. The molecule has 0 unspecified atom stereocenters. The Morgan fingerprint density at radius 2 is 1.59 bits per heavy atom. The van der Waals surface area contributed by atoms with Gasteiger partial charge in [0.2, 0.25) is 0 Å². The van der Waals surface area contributed by atoms with E-state index in [9.17, 15) is 0 Å². The molecule has 0 saturated heterocycles. The predicted molar refractivity (Wildman–Crippen MR) is 146 cm³/mol. The number of hydrogen-bond donors (Lipinski definition) is 0. The normalized spacial score (nSPS) is 14.6. The van der Waals surface area contributed by atoms with Gasteiger partial charge in [-0.15, -0.1) is 0 Å². The van der Waals surface area contributed by atoms with E-state index in [2.05, 4.69) is 103 Å². The van der Waals surface area contributed by atoms with Crippen LogP contribution in [0.4, 0.5) is 0 Å². The summed E-state index contributed by atoms with van der Waals surface area (Å²) in [6.45, 7) is 4.59. The molecule has 1 aliphatic heterocycles. The first-order valence-electron chi connectivity index (χ1n) is 11.8. The Labute approximate surface area is 198 Å². The van der Waals surface area contributed by atoms with Crippen molar-refractivity contribution < 1.29 is 0 Å². The molecule has 2 heterocycles. The van der Waals surface area contributed by atoms with E-state index in [1.165, 1.54) is 38.7 Å². The van der Waals surface area contributed by atoms with Crippen LogP contribution in [0.1, 0.15) is 25.3 Å². The Morgan fingerprint density at radius 3 is 2.31 bits per heavy atom. The maximum atomic E-state index is 5.04. The molecule has 1 nitrogen and oxygen atoms in total. The third-order valence-corrected chi connectivity index (χ3v) is 18.9. The van der Waals surface area contributed by atoms with E-state index in [4.69, 9.17) is 4.98 Å². The maximum absolute atomic E-state index is 5.04. The van der Waals surface area contributed by atoms with Gasteiger partial charge in [-0.05, 0) is 0 Å². The van der Waals surface area contributed by atoms with Gasteiger partial charge < -0.3 is 0 Å². The van der Waals surface area contributed by atoms with Crippen LogP contribution in [-0.2, 0) is 0 Å². The molecule has 0 fully saturated rings. The molecule has 5 rings (SSSR count). The second kappa shape index (κ2) is 7.60. The van der Waals surface area contributed by atoms with Gasteiger partial charge in [0.1, 0.15) is 0 Å². The fourth-order valence-corrected chi connectivity index (χ4v) is 15.5. The van der Waals surface area contributed by atoms with E-state index in [1.807, 2.05) is 6.20 Å². The zero-order valence-electron chi connectivity index (χ0n) is 20.4. The van der Waals surface area contributed by atoms with Crippen molar-refractivity contribution in [1.82, 2.24) is 4.98 Å². The number of fused-ring (bicyclic) bond motifs is 4. The number of benzene rings is 3. The molecule has 0 amide bonds. The van der Waals surface area contributed by atoms with Crippen molar-refractivity contribution in [1.29, 1.82) is 0 Å². The van der Waals surface area contributed by atoms with E-state index in [1.54, 1.807) is 13.2 Å². The molecule has 0 aliphatic carbocycles. The van der Waals surface area contributed by atoms with Gasteiger partial charge in [0.25, 0.3) is 0 Å². The topological polar surface area (TPSA) is 12.9 Å². The van der Waals surface area contributed by atoms with Crippen LogP contribution in [-0.4, -0.2) is 31.5 Å². The van der Waals surface area contributed by atoms with Gasteiger partial charge in [0.05, 0.1) is 0 Å². The standard InChI is InChI=1S/C29H33Ge2N/c1-19(2)26-17-21(16-20-10-8-9-11-23(20)26)29-28-25(14-15-32-29)24-13-12-22(30(3,4)5)18-27(24)31(28,6)7/h8-19H,1-7H3. The summed E-state index contributed by atoms with van der Waals surface area (Å²) in [7, 11) is 0. The van der Waals surface area contributed by atoms with Crippen molar-refractivity contribution in [3.63, 3.8) is 0 Å². The summed E-state index contributed by atoms with van der Waals surface area (Å²) in [6.07, 6.45) is 2.03. The number of nitrogens with zero attached hydrogens (tertiary/aromatic N) is 1. The van der Waals surface area contributed by atoms with Gasteiger partial charge in [0, 0.05) is 0 Å². The molecule has 0 spiro atoms. The number of aromatic nitrogens is 1. The van der Waals surface area contributed by atoms with Crippen LogP contribution in [0.5, 0.6) is 0 Å².